The van der Waals surface area contributed by atoms with Gasteiger partial charge in [-0.3, -0.25) is 9.58 Å². The maximum absolute atomic E-state index is 12.3. The van der Waals surface area contributed by atoms with Gasteiger partial charge in [-0.2, -0.15) is 5.10 Å². The summed E-state index contributed by atoms with van der Waals surface area (Å²) in [7, 11) is 0. The molecule has 136 valence electrons. The van der Waals surface area contributed by atoms with Crippen LogP contribution in [0.3, 0.4) is 0 Å². The van der Waals surface area contributed by atoms with E-state index in [1.165, 1.54) is 0 Å². The lowest BCUT2D eigenvalue weighted by molar-refractivity contribution is 0.0515. The molecule has 7 heteroatoms. The van der Waals surface area contributed by atoms with E-state index in [0.717, 1.165) is 47.6 Å². The summed E-state index contributed by atoms with van der Waals surface area (Å²) >= 11 is 0. The third kappa shape index (κ3) is 2.99. The fraction of sp³-hybridized carbons (Fsp3) is 0.421. The van der Waals surface area contributed by atoms with Crippen molar-refractivity contribution in [3.63, 3.8) is 0 Å². The summed E-state index contributed by atoms with van der Waals surface area (Å²) in [6, 6.07) is 8.03. The molecule has 3 heterocycles. The number of rotatable bonds is 5. The third-order valence-corrected chi connectivity index (χ3v) is 4.79. The third-order valence-electron chi connectivity index (χ3n) is 4.79. The molecule has 0 amide bonds. The van der Waals surface area contributed by atoms with Crippen LogP contribution in [0, 0.1) is 0 Å². The van der Waals surface area contributed by atoms with Crippen molar-refractivity contribution in [1.29, 1.82) is 0 Å². The van der Waals surface area contributed by atoms with Gasteiger partial charge < -0.3 is 9.72 Å². The van der Waals surface area contributed by atoms with Crippen molar-refractivity contribution in [1.82, 2.24) is 24.6 Å². The summed E-state index contributed by atoms with van der Waals surface area (Å²) in [5.41, 5.74) is 4.62. The van der Waals surface area contributed by atoms with E-state index in [-0.39, 0.29) is 5.97 Å². The number of nitrogens with one attached hydrogen (secondary N) is 1. The maximum atomic E-state index is 12.3. The van der Waals surface area contributed by atoms with Crippen LogP contribution in [0.15, 0.2) is 24.3 Å². The number of aromatic nitrogens is 4. The van der Waals surface area contributed by atoms with Crippen molar-refractivity contribution in [2.24, 2.45) is 0 Å². The molecule has 0 unspecified atom stereocenters. The van der Waals surface area contributed by atoms with Gasteiger partial charge in [0.15, 0.2) is 5.69 Å². The fourth-order valence-corrected chi connectivity index (χ4v) is 3.60. The highest BCUT2D eigenvalue weighted by Gasteiger charge is 2.28. The summed E-state index contributed by atoms with van der Waals surface area (Å²) in [6.45, 7) is 7.28. The standard InChI is InChI=1S/C19H23N5O2/c1-3-24-16-9-10-23(11-13(16)18(22-24)19(25)26-4-2)12-17-20-14-7-5-6-8-15(14)21-17/h5-8H,3-4,9-12H2,1-2H3,(H,20,21). The zero-order valence-electron chi connectivity index (χ0n) is 15.2. The number of para-hydroxylation sites is 2. The van der Waals surface area contributed by atoms with Crippen LogP contribution in [0.25, 0.3) is 11.0 Å². The Balaban J connectivity index is 1.58. The van der Waals surface area contributed by atoms with Gasteiger partial charge in [0, 0.05) is 37.3 Å². The highest BCUT2D eigenvalue weighted by Crippen LogP contribution is 2.24. The van der Waals surface area contributed by atoms with Crippen molar-refractivity contribution < 1.29 is 9.53 Å². The lowest BCUT2D eigenvalue weighted by atomic mass is 10.0. The number of aryl methyl sites for hydroxylation is 1. The molecular weight excluding hydrogens is 330 g/mol. The zero-order valence-corrected chi connectivity index (χ0v) is 15.2. The highest BCUT2D eigenvalue weighted by molar-refractivity contribution is 5.89. The van der Waals surface area contributed by atoms with Gasteiger partial charge in [-0.1, -0.05) is 12.1 Å². The van der Waals surface area contributed by atoms with Crippen molar-refractivity contribution >= 4 is 17.0 Å². The Labute approximate surface area is 152 Å². The predicted molar refractivity (Wildman–Crippen MR) is 97.8 cm³/mol. The molecule has 0 atom stereocenters. The van der Waals surface area contributed by atoms with E-state index in [9.17, 15) is 4.79 Å². The Morgan fingerprint density at radius 1 is 1.31 bits per heavy atom. The molecule has 1 aliphatic rings. The Hall–Kier alpha value is -2.67. The first-order chi connectivity index (χ1) is 12.7. The monoisotopic (exact) mass is 353 g/mol. The molecule has 3 aromatic rings. The van der Waals surface area contributed by atoms with Crippen LogP contribution in [0.2, 0.25) is 0 Å². The molecule has 0 fully saturated rings. The quantitative estimate of drug-likeness (QED) is 0.713. The number of nitrogens with zero attached hydrogens (tertiary/aromatic N) is 4. The molecule has 1 N–H and O–H groups in total. The van der Waals surface area contributed by atoms with Crippen LogP contribution >= 0.6 is 0 Å². The molecule has 0 spiro atoms. The molecule has 7 nitrogen and oxygen atoms in total. The molecule has 0 bridgehead atoms. The van der Waals surface area contributed by atoms with Gasteiger partial charge in [0.05, 0.1) is 24.2 Å². The van der Waals surface area contributed by atoms with E-state index in [4.69, 9.17) is 4.74 Å². The van der Waals surface area contributed by atoms with Gasteiger partial charge in [-0.05, 0) is 26.0 Å². The van der Waals surface area contributed by atoms with Crippen molar-refractivity contribution in [3.05, 3.63) is 47.0 Å². The second kappa shape index (κ2) is 6.92. The van der Waals surface area contributed by atoms with Crippen LogP contribution in [0.1, 0.15) is 41.4 Å². The van der Waals surface area contributed by atoms with E-state index in [1.807, 2.05) is 42.8 Å². The van der Waals surface area contributed by atoms with Gasteiger partial charge in [-0.25, -0.2) is 9.78 Å². The van der Waals surface area contributed by atoms with E-state index >= 15 is 0 Å². The van der Waals surface area contributed by atoms with Crippen LogP contribution < -0.4 is 0 Å². The van der Waals surface area contributed by atoms with Gasteiger partial charge in [-0.15, -0.1) is 0 Å². The fourth-order valence-electron chi connectivity index (χ4n) is 3.60. The summed E-state index contributed by atoms with van der Waals surface area (Å²) in [6.07, 6.45) is 0.871. The van der Waals surface area contributed by atoms with Crippen LogP contribution in [0.5, 0.6) is 0 Å². The zero-order chi connectivity index (χ0) is 18.1. The minimum absolute atomic E-state index is 0.332. The Kier molecular flexibility index (Phi) is 4.46. The van der Waals surface area contributed by atoms with E-state index in [0.29, 0.717) is 25.4 Å². The predicted octanol–water partition coefficient (Wildman–Crippen LogP) is 2.51. The van der Waals surface area contributed by atoms with Gasteiger partial charge in [0.2, 0.25) is 0 Å². The molecular formula is C19H23N5O2. The Bertz CT molecular complexity index is 910. The first kappa shape index (κ1) is 16.8. The summed E-state index contributed by atoms with van der Waals surface area (Å²) in [4.78, 5) is 22.6. The number of carbonyl (C=O) groups excluding carboxylic acids is 1. The first-order valence-electron chi connectivity index (χ1n) is 9.11. The van der Waals surface area contributed by atoms with Crippen LogP contribution in [0.4, 0.5) is 0 Å². The summed E-state index contributed by atoms with van der Waals surface area (Å²) in [5, 5.41) is 4.50. The number of esters is 1. The molecule has 4 rings (SSSR count). The first-order valence-corrected chi connectivity index (χ1v) is 9.11. The normalized spacial score (nSPS) is 14.5. The Morgan fingerprint density at radius 3 is 2.92 bits per heavy atom. The maximum Gasteiger partial charge on any atom is 0.359 e. The topological polar surface area (TPSA) is 76.0 Å². The number of fused-ring (bicyclic) bond motifs is 2. The highest BCUT2D eigenvalue weighted by atomic mass is 16.5. The van der Waals surface area contributed by atoms with Crippen molar-refractivity contribution in [2.45, 2.75) is 39.9 Å². The van der Waals surface area contributed by atoms with Crippen LogP contribution in [-0.2, 0) is 30.8 Å². The smallest absolute Gasteiger partial charge is 0.359 e. The molecule has 0 aliphatic carbocycles. The number of carbonyl (C=O) groups is 1. The number of hydrogen-bond donors (Lipinski definition) is 1. The lowest BCUT2D eigenvalue weighted by Gasteiger charge is -2.26. The second-order valence-corrected chi connectivity index (χ2v) is 6.47. The molecule has 26 heavy (non-hydrogen) atoms. The Morgan fingerprint density at radius 2 is 2.15 bits per heavy atom. The summed E-state index contributed by atoms with van der Waals surface area (Å²) < 4.78 is 7.12. The molecule has 0 saturated carbocycles. The minimum Gasteiger partial charge on any atom is -0.461 e. The number of H-pyrrole nitrogens is 1. The van der Waals surface area contributed by atoms with Gasteiger partial charge in [0.25, 0.3) is 0 Å². The van der Waals surface area contributed by atoms with E-state index in [2.05, 4.69) is 20.0 Å². The average Bonchev–Trinajstić information content (AvgIpc) is 3.22. The number of imidazole rings is 1. The number of ether oxygens (including phenoxy) is 1. The molecule has 2 aromatic heterocycles. The molecule has 1 aliphatic heterocycles. The molecule has 0 radical (unpaired) electrons. The SMILES string of the molecule is CCOC(=O)c1nn(CC)c2c1CN(Cc1nc3ccccc3[nH]1)CC2. The van der Waals surface area contributed by atoms with Crippen molar-refractivity contribution in [3.8, 4) is 0 Å². The largest absolute Gasteiger partial charge is 0.461 e. The van der Waals surface area contributed by atoms with Crippen molar-refractivity contribution in [2.75, 3.05) is 13.2 Å². The van der Waals surface area contributed by atoms with Gasteiger partial charge >= 0.3 is 5.97 Å². The minimum atomic E-state index is -0.332. The summed E-state index contributed by atoms with van der Waals surface area (Å²) in [5.74, 6) is 0.608. The second-order valence-electron chi connectivity index (χ2n) is 6.47. The number of hydrogen-bond acceptors (Lipinski definition) is 5. The van der Waals surface area contributed by atoms with E-state index < -0.39 is 0 Å². The molecule has 0 saturated heterocycles. The average molecular weight is 353 g/mol. The number of benzene rings is 1. The number of aromatic amines is 1. The van der Waals surface area contributed by atoms with E-state index in [1.54, 1.807) is 0 Å². The van der Waals surface area contributed by atoms with Crippen LogP contribution in [-0.4, -0.2) is 43.8 Å². The van der Waals surface area contributed by atoms with Gasteiger partial charge in [0.1, 0.15) is 5.82 Å². The molecule has 1 aromatic carbocycles. The lowest BCUT2D eigenvalue weighted by Crippen LogP contribution is -2.31.